The molecule has 0 atom stereocenters. The van der Waals surface area contributed by atoms with E-state index in [1.165, 1.54) is 37.4 Å². The van der Waals surface area contributed by atoms with Crippen LogP contribution in [-0.4, -0.2) is 33.8 Å². The molecule has 0 spiro atoms. The van der Waals surface area contributed by atoms with Gasteiger partial charge in [-0.25, -0.2) is 12.8 Å². The normalized spacial score (nSPS) is 18.1. The highest BCUT2D eigenvalue weighted by molar-refractivity contribution is 7.92. The van der Waals surface area contributed by atoms with Crippen LogP contribution in [0, 0.1) is 5.82 Å². The topological polar surface area (TPSA) is 73.9 Å². The van der Waals surface area contributed by atoms with Crippen molar-refractivity contribution in [1.29, 1.82) is 0 Å². The summed E-state index contributed by atoms with van der Waals surface area (Å²) in [5.74, 6) is -0.545. The van der Waals surface area contributed by atoms with Gasteiger partial charge in [0, 0.05) is 0 Å². The number of halogens is 1. The third kappa shape index (κ3) is 3.74. The van der Waals surface area contributed by atoms with Gasteiger partial charge in [0.1, 0.15) is 16.5 Å². The van der Waals surface area contributed by atoms with Crippen molar-refractivity contribution in [3.8, 4) is 5.75 Å². The zero-order valence-electron chi connectivity index (χ0n) is 16.4. The predicted octanol–water partition coefficient (Wildman–Crippen LogP) is 2.93. The van der Waals surface area contributed by atoms with Crippen molar-refractivity contribution in [3.63, 3.8) is 0 Å². The SMILES string of the molecule is COc1ccc(B2OC(C)(C)C(C)(C)O2)cc1S(=O)(=O)Nc1ccccc1F. The van der Waals surface area contributed by atoms with Crippen LogP contribution >= 0.6 is 0 Å². The number of hydrogen-bond acceptors (Lipinski definition) is 5. The average molecular weight is 407 g/mol. The Morgan fingerprint density at radius 2 is 1.64 bits per heavy atom. The Balaban J connectivity index is 1.99. The van der Waals surface area contributed by atoms with Gasteiger partial charge in [-0.1, -0.05) is 18.2 Å². The predicted molar refractivity (Wildman–Crippen MR) is 106 cm³/mol. The Bertz CT molecular complexity index is 978. The van der Waals surface area contributed by atoms with Crippen LogP contribution in [0.5, 0.6) is 5.75 Å². The molecule has 0 amide bonds. The minimum absolute atomic E-state index is 0.129. The maximum absolute atomic E-state index is 13.9. The van der Waals surface area contributed by atoms with Crippen molar-refractivity contribution in [1.82, 2.24) is 0 Å². The highest BCUT2D eigenvalue weighted by Gasteiger charge is 2.51. The molecule has 0 aromatic heterocycles. The second-order valence-electron chi connectivity index (χ2n) is 7.58. The number of para-hydroxylation sites is 1. The van der Waals surface area contributed by atoms with E-state index in [1.54, 1.807) is 12.1 Å². The second kappa shape index (κ2) is 7.06. The zero-order valence-corrected chi connectivity index (χ0v) is 17.3. The summed E-state index contributed by atoms with van der Waals surface area (Å²) in [6, 6.07) is 10.2. The summed E-state index contributed by atoms with van der Waals surface area (Å²) in [4.78, 5) is -0.134. The van der Waals surface area contributed by atoms with Crippen LogP contribution in [-0.2, 0) is 19.3 Å². The van der Waals surface area contributed by atoms with Crippen LogP contribution in [0.2, 0.25) is 0 Å². The van der Waals surface area contributed by atoms with Gasteiger partial charge in [-0.2, -0.15) is 0 Å². The van der Waals surface area contributed by atoms with Crippen LogP contribution in [0.4, 0.5) is 10.1 Å². The molecule has 0 saturated carbocycles. The van der Waals surface area contributed by atoms with Crippen LogP contribution in [0.25, 0.3) is 0 Å². The van der Waals surface area contributed by atoms with Gasteiger partial charge in [0.25, 0.3) is 10.0 Å². The van der Waals surface area contributed by atoms with Gasteiger partial charge < -0.3 is 14.0 Å². The fraction of sp³-hybridized carbons (Fsp3) is 0.368. The fourth-order valence-corrected chi connectivity index (χ4v) is 4.05. The molecule has 28 heavy (non-hydrogen) atoms. The lowest BCUT2D eigenvalue weighted by Crippen LogP contribution is -2.41. The van der Waals surface area contributed by atoms with Gasteiger partial charge in [-0.05, 0) is 57.4 Å². The lowest BCUT2D eigenvalue weighted by atomic mass is 9.79. The van der Waals surface area contributed by atoms with E-state index in [9.17, 15) is 12.8 Å². The summed E-state index contributed by atoms with van der Waals surface area (Å²) >= 11 is 0. The van der Waals surface area contributed by atoms with Crippen LogP contribution < -0.4 is 14.9 Å². The van der Waals surface area contributed by atoms with Gasteiger partial charge in [-0.3, -0.25) is 4.72 Å². The Hall–Kier alpha value is -2.10. The molecule has 150 valence electrons. The van der Waals surface area contributed by atoms with Crippen molar-refractivity contribution in [3.05, 3.63) is 48.3 Å². The molecule has 0 radical (unpaired) electrons. The quantitative estimate of drug-likeness (QED) is 0.772. The summed E-state index contributed by atoms with van der Waals surface area (Å²) in [6.45, 7) is 7.64. The number of sulfonamides is 1. The van der Waals surface area contributed by atoms with E-state index in [-0.39, 0.29) is 16.3 Å². The molecule has 2 aromatic rings. The molecule has 6 nitrogen and oxygen atoms in total. The van der Waals surface area contributed by atoms with Crippen molar-refractivity contribution in [2.45, 2.75) is 43.8 Å². The number of rotatable bonds is 5. The number of ether oxygens (including phenoxy) is 1. The second-order valence-corrected chi connectivity index (χ2v) is 9.23. The van der Waals surface area contributed by atoms with Crippen LogP contribution in [0.1, 0.15) is 27.7 Å². The summed E-state index contributed by atoms with van der Waals surface area (Å²) in [5.41, 5.74) is -0.761. The minimum atomic E-state index is -4.11. The minimum Gasteiger partial charge on any atom is -0.495 e. The van der Waals surface area contributed by atoms with Crippen molar-refractivity contribution in [2.75, 3.05) is 11.8 Å². The summed E-state index contributed by atoms with van der Waals surface area (Å²) in [5, 5.41) is 0. The number of methoxy groups -OCH3 is 1. The first-order valence-corrected chi connectivity index (χ1v) is 10.3. The van der Waals surface area contributed by atoms with Crippen molar-refractivity contribution in [2.24, 2.45) is 0 Å². The van der Waals surface area contributed by atoms with E-state index >= 15 is 0 Å². The van der Waals surface area contributed by atoms with Crippen LogP contribution in [0.15, 0.2) is 47.4 Å². The maximum atomic E-state index is 13.9. The largest absolute Gasteiger partial charge is 0.495 e. The molecule has 9 heteroatoms. The molecular weight excluding hydrogens is 384 g/mol. The third-order valence-corrected chi connectivity index (χ3v) is 6.51. The fourth-order valence-electron chi connectivity index (χ4n) is 2.77. The van der Waals surface area contributed by atoms with Gasteiger partial charge in [-0.15, -0.1) is 0 Å². The molecule has 3 rings (SSSR count). The van der Waals surface area contributed by atoms with Gasteiger partial charge >= 0.3 is 7.12 Å². The Labute approximate surface area is 165 Å². The first kappa shape index (κ1) is 20.6. The highest BCUT2D eigenvalue weighted by atomic mass is 32.2. The van der Waals surface area contributed by atoms with E-state index in [1.807, 2.05) is 27.7 Å². The summed E-state index contributed by atoms with van der Waals surface area (Å²) in [6.07, 6.45) is 0. The molecular formula is C19H23BFNO5S. The highest BCUT2D eigenvalue weighted by Crippen LogP contribution is 2.37. The summed E-state index contributed by atoms with van der Waals surface area (Å²) < 4.78 is 59.2. The van der Waals surface area contributed by atoms with Gasteiger partial charge in [0.15, 0.2) is 0 Å². The number of nitrogens with one attached hydrogen (secondary N) is 1. The van der Waals surface area contributed by atoms with E-state index in [4.69, 9.17) is 14.0 Å². The van der Waals surface area contributed by atoms with Crippen LogP contribution in [0.3, 0.4) is 0 Å². The lowest BCUT2D eigenvalue weighted by molar-refractivity contribution is 0.00578. The van der Waals surface area contributed by atoms with E-state index in [2.05, 4.69) is 4.72 Å². The number of anilines is 1. The molecule has 2 aromatic carbocycles. The molecule has 1 aliphatic heterocycles. The third-order valence-electron chi connectivity index (χ3n) is 5.12. The van der Waals surface area contributed by atoms with Gasteiger partial charge in [0.05, 0.1) is 24.0 Å². The first-order valence-electron chi connectivity index (χ1n) is 8.78. The Morgan fingerprint density at radius 1 is 1.04 bits per heavy atom. The monoisotopic (exact) mass is 407 g/mol. The molecule has 1 saturated heterocycles. The molecule has 1 fully saturated rings. The zero-order chi connectivity index (χ0) is 20.7. The Morgan fingerprint density at radius 3 is 2.21 bits per heavy atom. The number of benzene rings is 2. The molecule has 0 bridgehead atoms. The van der Waals surface area contributed by atoms with Crippen molar-refractivity contribution < 1.29 is 26.9 Å². The Kier molecular flexibility index (Phi) is 5.20. The lowest BCUT2D eigenvalue weighted by Gasteiger charge is -2.32. The maximum Gasteiger partial charge on any atom is 0.494 e. The average Bonchev–Trinajstić information content (AvgIpc) is 2.84. The van der Waals surface area contributed by atoms with E-state index in [0.29, 0.717) is 5.46 Å². The molecule has 0 unspecified atom stereocenters. The smallest absolute Gasteiger partial charge is 0.494 e. The first-order chi connectivity index (χ1) is 13.0. The molecule has 1 N–H and O–H groups in total. The molecule has 1 aliphatic rings. The van der Waals surface area contributed by atoms with E-state index < -0.39 is 34.2 Å². The number of hydrogen-bond donors (Lipinski definition) is 1. The molecule has 1 heterocycles. The molecule has 0 aliphatic carbocycles. The summed E-state index contributed by atoms with van der Waals surface area (Å²) in [7, 11) is -3.48. The standard InChI is InChI=1S/C19H23BFNO5S/c1-18(2)19(3,4)27-20(26-18)13-10-11-16(25-5)17(12-13)28(23,24)22-15-9-7-6-8-14(15)21/h6-12,22H,1-5H3. The van der Waals surface area contributed by atoms with E-state index in [0.717, 1.165) is 0 Å². The van der Waals surface area contributed by atoms with Crippen molar-refractivity contribution >= 4 is 28.3 Å². The van der Waals surface area contributed by atoms with Gasteiger partial charge in [0.2, 0.25) is 0 Å².